The average molecular weight is 417 g/mol. The van der Waals surface area contributed by atoms with Crippen molar-refractivity contribution >= 4 is 12.0 Å². The molecule has 1 aromatic rings. The van der Waals surface area contributed by atoms with Gasteiger partial charge >= 0.3 is 6.09 Å². The molecular weight excluding hydrogens is 380 g/mol. The Morgan fingerprint density at radius 2 is 1.93 bits per heavy atom. The van der Waals surface area contributed by atoms with Gasteiger partial charge in [0.25, 0.3) is 0 Å². The normalized spacial score (nSPS) is 20.3. The van der Waals surface area contributed by atoms with Crippen LogP contribution >= 0.6 is 0 Å². The van der Waals surface area contributed by atoms with E-state index in [-0.39, 0.29) is 24.2 Å². The van der Waals surface area contributed by atoms with Gasteiger partial charge in [-0.05, 0) is 62.3 Å². The van der Waals surface area contributed by atoms with E-state index in [1.807, 2.05) is 26.8 Å². The first-order valence-corrected chi connectivity index (χ1v) is 11.1. The summed E-state index contributed by atoms with van der Waals surface area (Å²) < 4.78 is 5.59. The number of phenolic OH excluding ortho intramolecular Hbond substituents is 1. The molecule has 1 fully saturated rings. The fourth-order valence-electron chi connectivity index (χ4n) is 4.18. The Morgan fingerprint density at radius 1 is 1.23 bits per heavy atom. The van der Waals surface area contributed by atoms with E-state index in [2.05, 4.69) is 19.2 Å². The lowest BCUT2D eigenvalue weighted by atomic mass is 9.78. The van der Waals surface area contributed by atoms with Gasteiger partial charge in [-0.2, -0.15) is 0 Å². The van der Waals surface area contributed by atoms with Gasteiger partial charge < -0.3 is 15.2 Å². The van der Waals surface area contributed by atoms with Gasteiger partial charge in [0.15, 0.2) is 0 Å². The Bertz CT molecular complexity index is 780. The number of carbonyl (C=O) groups is 2. The number of hydrogen-bond acceptors (Lipinski definition) is 4. The molecule has 1 heterocycles. The van der Waals surface area contributed by atoms with Gasteiger partial charge in [-0.1, -0.05) is 39.2 Å². The molecule has 166 valence electrons. The standard InChI is InChI=1S/C24H36N2O4/c1-15(2)20(11-16-7-6-8-16)25-22(28)21-13-17-9-10-19(27)12-18(17)14-26(21)23(29)30-24(3,4)5/h9-10,12,15-16,20-21,27H,6-8,11,13-14H2,1-5H3,(H,25,28)/t20-,21-/m1/s1. The van der Waals surface area contributed by atoms with Gasteiger partial charge in [0, 0.05) is 12.5 Å². The average Bonchev–Trinajstić information content (AvgIpc) is 2.60. The predicted molar refractivity (Wildman–Crippen MR) is 116 cm³/mol. The van der Waals surface area contributed by atoms with Gasteiger partial charge in [-0.25, -0.2) is 4.79 Å². The van der Waals surface area contributed by atoms with Crippen molar-refractivity contribution in [3.8, 4) is 5.75 Å². The minimum absolute atomic E-state index is 0.101. The molecule has 1 aromatic carbocycles. The zero-order chi connectivity index (χ0) is 22.1. The van der Waals surface area contributed by atoms with E-state index >= 15 is 0 Å². The molecular formula is C24H36N2O4. The molecule has 1 saturated carbocycles. The fraction of sp³-hybridized carbons (Fsp3) is 0.667. The molecule has 0 spiro atoms. The van der Waals surface area contributed by atoms with Crippen molar-refractivity contribution in [1.29, 1.82) is 0 Å². The number of nitrogens with one attached hydrogen (secondary N) is 1. The lowest BCUT2D eigenvalue weighted by molar-refractivity contribution is -0.128. The highest BCUT2D eigenvalue weighted by Crippen LogP contribution is 2.32. The Balaban J connectivity index is 1.81. The Kier molecular flexibility index (Phi) is 6.63. The molecule has 2 N–H and O–H groups in total. The Morgan fingerprint density at radius 3 is 2.50 bits per heavy atom. The smallest absolute Gasteiger partial charge is 0.411 e. The number of ether oxygens (including phenoxy) is 1. The maximum absolute atomic E-state index is 13.3. The third kappa shape index (κ3) is 5.46. The zero-order valence-corrected chi connectivity index (χ0v) is 18.9. The summed E-state index contributed by atoms with van der Waals surface area (Å²) in [5.41, 5.74) is 1.18. The van der Waals surface area contributed by atoms with Crippen LogP contribution in [0.15, 0.2) is 18.2 Å². The van der Waals surface area contributed by atoms with E-state index in [9.17, 15) is 14.7 Å². The second-order valence-corrected chi connectivity index (χ2v) is 10.2. The first-order valence-electron chi connectivity index (χ1n) is 11.1. The maximum atomic E-state index is 13.3. The van der Waals surface area contributed by atoms with E-state index in [0.29, 0.717) is 18.3 Å². The first kappa shape index (κ1) is 22.4. The van der Waals surface area contributed by atoms with Crippen LogP contribution in [0, 0.1) is 11.8 Å². The molecule has 0 unspecified atom stereocenters. The van der Waals surface area contributed by atoms with Gasteiger partial charge in [-0.3, -0.25) is 9.69 Å². The summed E-state index contributed by atoms with van der Waals surface area (Å²) in [4.78, 5) is 27.8. The molecule has 6 nitrogen and oxygen atoms in total. The van der Waals surface area contributed by atoms with Gasteiger partial charge in [0.2, 0.25) is 5.91 Å². The summed E-state index contributed by atoms with van der Waals surface area (Å²) >= 11 is 0. The van der Waals surface area contributed by atoms with Crippen LogP contribution in [0.5, 0.6) is 5.75 Å². The highest BCUT2D eigenvalue weighted by Gasteiger charge is 2.38. The SMILES string of the molecule is CC(C)[C@@H](CC1CCC1)NC(=O)[C@H]1Cc2ccc(O)cc2CN1C(=O)OC(C)(C)C. The summed E-state index contributed by atoms with van der Waals surface area (Å²) in [7, 11) is 0. The van der Waals surface area contributed by atoms with Crippen molar-refractivity contribution in [3.05, 3.63) is 29.3 Å². The number of phenols is 1. The number of benzene rings is 1. The minimum atomic E-state index is -0.651. The number of aromatic hydroxyl groups is 1. The third-order valence-corrected chi connectivity index (χ3v) is 6.20. The topological polar surface area (TPSA) is 78.9 Å². The summed E-state index contributed by atoms with van der Waals surface area (Å²) in [5, 5.41) is 13.1. The van der Waals surface area contributed by atoms with Crippen molar-refractivity contribution in [2.75, 3.05) is 0 Å². The summed E-state index contributed by atoms with van der Waals surface area (Å²) in [6.45, 7) is 9.96. The lowest BCUT2D eigenvalue weighted by Gasteiger charge is -2.38. The Labute approximate surface area is 180 Å². The van der Waals surface area contributed by atoms with Gasteiger partial charge in [-0.15, -0.1) is 0 Å². The molecule has 2 aliphatic rings. The lowest BCUT2D eigenvalue weighted by Crippen LogP contribution is -2.56. The second kappa shape index (κ2) is 8.86. The largest absolute Gasteiger partial charge is 0.508 e. The van der Waals surface area contributed by atoms with Gasteiger partial charge in [0.1, 0.15) is 17.4 Å². The molecule has 3 rings (SSSR count). The molecule has 6 heteroatoms. The van der Waals surface area contributed by atoms with Crippen LogP contribution in [-0.4, -0.2) is 39.7 Å². The molecule has 2 amide bonds. The highest BCUT2D eigenvalue weighted by atomic mass is 16.6. The summed E-state index contributed by atoms with van der Waals surface area (Å²) in [6, 6.07) is 4.61. The quantitative estimate of drug-likeness (QED) is 0.746. The van der Waals surface area contributed by atoms with E-state index in [0.717, 1.165) is 17.5 Å². The molecule has 0 aromatic heterocycles. The fourth-order valence-corrected chi connectivity index (χ4v) is 4.18. The monoisotopic (exact) mass is 416 g/mol. The van der Waals surface area contributed by atoms with E-state index in [1.54, 1.807) is 12.1 Å². The molecule has 0 radical (unpaired) electrons. The van der Waals surface area contributed by atoms with Crippen molar-refractivity contribution in [3.63, 3.8) is 0 Å². The molecule has 1 aliphatic heterocycles. The maximum Gasteiger partial charge on any atom is 0.411 e. The van der Waals surface area contributed by atoms with Crippen LogP contribution in [-0.2, 0) is 22.5 Å². The van der Waals surface area contributed by atoms with Crippen molar-refractivity contribution < 1.29 is 19.4 Å². The molecule has 0 saturated heterocycles. The van der Waals surface area contributed by atoms with Gasteiger partial charge in [0.05, 0.1) is 6.54 Å². The number of amides is 2. The molecule has 0 bridgehead atoms. The van der Waals surface area contributed by atoms with Crippen LogP contribution in [0.3, 0.4) is 0 Å². The van der Waals surface area contributed by atoms with E-state index in [4.69, 9.17) is 4.74 Å². The van der Waals surface area contributed by atoms with Crippen LogP contribution in [0.1, 0.15) is 71.4 Å². The first-order chi connectivity index (χ1) is 14.0. The number of carbonyl (C=O) groups excluding carboxylic acids is 2. The van der Waals surface area contributed by atoms with Crippen LogP contribution in [0.4, 0.5) is 4.79 Å². The summed E-state index contributed by atoms with van der Waals surface area (Å²) in [6.07, 6.45) is 4.66. The van der Waals surface area contributed by atoms with E-state index in [1.165, 1.54) is 24.2 Å². The number of rotatable bonds is 5. The van der Waals surface area contributed by atoms with Crippen molar-refractivity contribution in [2.45, 2.75) is 91.0 Å². The molecule has 2 atom stereocenters. The predicted octanol–water partition coefficient (Wildman–Crippen LogP) is 4.39. The highest BCUT2D eigenvalue weighted by molar-refractivity contribution is 5.87. The zero-order valence-electron chi connectivity index (χ0n) is 18.9. The third-order valence-electron chi connectivity index (χ3n) is 6.20. The van der Waals surface area contributed by atoms with Crippen LogP contribution in [0.2, 0.25) is 0 Å². The number of hydrogen-bond donors (Lipinski definition) is 2. The van der Waals surface area contributed by atoms with Crippen molar-refractivity contribution in [2.24, 2.45) is 11.8 Å². The minimum Gasteiger partial charge on any atom is -0.508 e. The number of fused-ring (bicyclic) bond motifs is 1. The van der Waals surface area contributed by atoms with Crippen LogP contribution < -0.4 is 5.32 Å². The van der Waals surface area contributed by atoms with E-state index < -0.39 is 17.7 Å². The molecule has 1 aliphatic carbocycles. The number of nitrogens with zero attached hydrogens (tertiary/aromatic N) is 1. The van der Waals surface area contributed by atoms with Crippen molar-refractivity contribution in [1.82, 2.24) is 10.2 Å². The van der Waals surface area contributed by atoms with Crippen LogP contribution in [0.25, 0.3) is 0 Å². The molecule has 30 heavy (non-hydrogen) atoms. The second-order valence-electron chi connectivity index (χ2n) is 10.2. The summed E-state index contributed by atoms with van der Waals surface area (Å²) in [5.74, 6) is 1.05. The Hall–Kier alpha value is -2.24.